The number of anilines is 2. The molecule has 140 valence electrons. The smallest absolute Gasteiger partial charge is 0.308 e. The lowest BCUT2D eigenvalue weighted by atomic mass is 10.0. The van der Waals surface area contributed by atoms with Crippen LogP contribution in [0.1, 0.15) is 11.3 Å². The third kappa shape index (κ3) is 3.42. The van der Waals surface area contributed by atoms with Crippen LogP contribution in [0.3, 0.4) is 0 Å². The molecule has 0 aliphatic rings. The van der Waals surface area contributed by atoms with Crippen molar-refractivity contribution in [2.24, 2.45) is 0 Å². The maximum Gasteiger partial charge on any atom is 0.323 e. The quantitative estimate of drug-likeness (QED) is 0.470. The summed E-state index contributed by atoms with van der Waals surface area (Å²) in [4.78, 5) is 16.4. The van der Waals surface area contributed by atoms with Crippen molar-refractivity contribution in [1.82, 2.24) is 15.2 Å². The molecule has 4 aromatic rings. The van der Waals surface area contributed by atoms with Crippen LogP contribution in [0, 0.1) is 19.7 Å². The molecule has 0 unspecified atom stereocenters. The highest BCUT2D eigenvalue weighted by atomic mass is 19.1. The highest BCUT2D eigenvalue weighted by Crippen LogP contribution is 2.29. The summed E-state index contributed by atoms with van der Waals surface area (Å²) in [5, 5.41) is 13.3. The first-order chi connectivity index (χ1) is 13.5. The number of H-pyrrole nitrogens is 1. The summed E-state index contributed by atoms with van der Waals surface area (Å²) in [7, 11) is 0. The Morgan fingerprint density at radius 1 is 1.04 bits per heavy atom. The SMILES string of the molecule is Cc1ccc(F)c(NC(=O)Nc2ccc(-c3ccnc4n[nH]c(C)c34)cc2)c1. The lowest BCUT2D eigenvalue weighted by molar-refractivity contribution is 0.262. The van der Waals surface area contributed by atoms with Crippen molar-refractivity contribution in [3.63, 3.8) is 0 Å². The molecule has 0 spiro atoms. The number of nitrogens with one attached hydrogen (secondary N) is 3. The van der Waals surface area contributed by atoms with Crippen LogP contribution in [0.25, 0.3) is 22.2 Å². The average molecular weight is 375 g/mol. The molecule has 2 aromatic carbocycles. The number of amides is 2. The molecule has 6 nitrogen and oxygen atoms in total. The Kier molecular flexibility index (Phi) is 4.49. The number of aryl methyl sites for hydroxylation is 2. The van der Waals surface area contributed by atoms with Gasteiger partial charge >= 0.3 is 6.03 Å². The van der Waals surface area contributed by atoms with Gasteiger partial charge in [0.2, 0.25) is 0 Å². The average Bonchev–Trinajstić information content (AvgIpc) is 3.07. The van der Waals surface area contributed by atoms with Crippen molar-refractivity contribution in [3.8, 4) is 11.1 Å². The summed E-state index contributed by atoms with van der Waals surface area (Å²) in [6.07, 6.45) is 1.72. The van der Waals surface area contributed by atoms with Crippen LogP contribution in [0.2, 0.25) is 0 Å². The van der Waals surface area contributed by atoms with E-state index in [0.29, 0.717) is 11.3 Å². The lowest BCUT2D eigenvalue weighted by Gasteiger charge is -2.10. The molecule has 0 bridgehead atoms. The van der Waals surface area contributed by atoms with E-state index in [2.05, 4.69) is 25.8 Å². The Morgan fingerprint density at radius 3 is 2.61 bits per heavy atom. The van der Waals surface area contributed by atoms with Gasteiger partial charge in [-0.25, -0.2) is 14.2 Å². The van der Waals surface area contributed by atoms with Crippen molar-refractivity contribution in [2.45, 2.75) is 13.8 Å². The molecule has 7 heteroatoms. The molecule has 0 saturated carbocycles. The number of aromatic amines is 1. The number of hydrogen-bond acceptors (Lipinski definition) is 3. The molecule has 0 atom stereocenters. The van der Waals surface area contributed by atoms with E-state index in [9.17, 15) is 9.18 Å². The van der Waals surface area contributed by atoms with Crippen LogP contribution in [0.15, 0.2) is 54.7 Å². The van der Waals surface area contributed by atoms with E-state index in [4.69, 9.17) is 0 Å². The molecule has 0 saturated heterocycles. The molecular weight excluding hydrogens is 357 g/mol. The van der Waals surface area contributed by atoms with Crippen molar-refractivity contribution in [1.29, 1.82) is 0 Å². The number of aromatic nitrogens is 3. The molecule has 2 amide bonds. The molecule has 28 heavy (non-hydrogen) atoms. The summed E-state index contributed by atoms with van der Waals surface area (Å²) in [6, 6.07) is 13.4. The number of carbonyl (C=O) groups is 1. The van der Waals surface area contributed by atoms with Gasteiger partial charge in [0.1, 0.15) is 5.82 Å². The van der Waals surface area contributed by atoms with Crippen molar-refractivity contribution in [3.05, 3.63) is 71.8 Å². The van der Waals surface area contributed by atoms with E-state index < -0.39 is 11.8 Å². The molecule has 4 rings (SSSR count). The number of pyridine rings is 1. The molecule has 0 aliphatic carbocycles. The van der Waals surface area contributed by atoms with E-state index in [1.807, 2.05) is 32.0 Å². The second kappa shape index (κ2) is 7.11. The van der Waals surface area contributed by atoms with Crippen LogP contribution in [-0.4, -0.2) is 21.2 Å². The van der Waals surface area contributed by atoms with Crippen molar-refractivity contribution in [2.75, 3.05) is 10.6 Å². The Hall–Kier alpha value is -3.74. The molecule has 3 N–H and O–H groups in total. The summed E-state index contributed by atoms with van der Waals surface area (Å²) in [5.41, 5.74) is 5.20. The van der Waals surface area contributed by atoms with Gasteiger partial charge in [-0.1, -0.05) is 18.2 Å². The van der Waals surface area contributed by atoms with Gasteiger partial charge in [0.25, 0.3) is 0 Å². The van der Waals surface area contributed by atoms with Crippen LogP contribution >= 0.6 is 0 Å². The molecule has 0 fully saturated rings. The minimum atomic E-state index is -0.505. The number of fused-ring (bicyclic) bond motifs is 1. The highest BCUT2D eigenvalue weighted by Gasteiger charge is 2.11. The van der Waals surface area contributed by atoms with Gasteiger partial charge in [-0.3, -0.25) is 5.10 Å². The first-order valence-corrected chi connectivity index (χ1v) is 8.75. The minimum Gasteiger partial charge on any atom is -0.308 e. The van der Waals surface area contributed by atoms with Gasteiger partial charge in [0, 0.05) is 23.0 Å². The number of rotatable bonds is 3. The fourth-order valence-corrected chi connectivity index (χ4v) is 3.09. The van der Waals surface area contributed by atoms with Crippen LogP contribution in [0.5, 0.6) is 0 Å². The van der Waals surface area contributed by atoms with Gasteiger partial charge in [-0.05, 0) is 60.9 Å². The number of carbonyl (C=O) groups excluding carboxylic acids is 1. The van der Waals surface area contributed by atoms with E-state index in [0.717, 1.165) is 27.8 Å². The van der Waals surface area contributed by atoms with Crippen molar-refractivity contribution >= 4 is 28.4 Å². The lowest BCUT2D eigenvalue weighted by Crippen LogP contribution is -2.20. The first-order valence-electron chi connectivity index (χ1n) is 8.75. The fourth-order valence-electron chi connectivity index (χ4n) is 3.09. The van der Waals surface area contributed by atoms with Gasteiger partial charge in [0.05, 0.1) is 5.69 Å². The van der Waals surface area contributed by atoms with Crippen LogP contribution in [0.4, 0.5) is 20.6 Å². The maximum absolute atomic E-state index is 13.8. The summed E-state index contributed by atoms with van der Waals surface area (Å²) in [5.74, 6) is -0.478. The number of benzene rings is 2. The van der Waals surface area contributed by atoms with Gasteiger partial charge in [-0.15, -0.1) is 0 Å². The summed E-state index contributed by atoms with van der Waals surface area (Å²) < 4.78 is 13.8. The van der Waals surface area contributed by atoms with Crippen molar-refractivity contribution < 1.29 is 9.18 Å². The fraction of sp³-hybridized carbons (Fsp3) is 0.0952. The van der Waals surface area contributed by atoms with Crippen LogP contribution < -0.4 is 10.6 Å². The van der Waals surface area contributed by atoms with Crippen LogP contribution in [-0.2, 0) is 0 Å². The first kappa shape index (κ1) is 17.7. The number of nitrogens with zero attached hydrogens (tertiary/aromatic N) is 2. The Balaban J connectivity index is 1.52. The molecule has 0 radical (unpaired) electrons. The third-order valence-electron chi connectivity index (χ3n) is 4.46. The zero-order valence-corrected chi connectivity index (χ0v) is 15.4. The Bertz CT molecular complexity index is 1170. The second-order valence-electron chi connectivity index (χ2n) is 6.55. The monoisotopic (exact) mass is 375 g/mol. The maximum atomic E-state index is 13.8. The Morgan fingerprint density at radius 2 is 1.82 bits per heavy atom. The molecule has 2 aromatic heterocycles. The van der Waals surface area contributed by atoms with Gasteiger partial charge < -0.3 is 10.6 Å². The van der Waals surface area contributed by atoms with Gasteiger partial charge in [-0.2, -0.15) is 5.10 Å². The normalized spacial score (nSPS) is 10.8. The number of halogens is 1. The number of hydrogen-bond donors (Lipinski definition) is 3. The van der Waals surface area contributed by atoms with E-state index in [1.54, 1.807) is 30.5 Å². The van der Waals surface area contributed by atoms with E-state index in [-0.39, 0.29) is 5.69 Å². The third-order valence-corrected chi connectivity index (χ3v) is 4.46. The largest absolute Gasteiger partial charge is 0.323 e. The predicted octanol–water partition coefficient (Wildman–Crippen LogP) is 5.02. The topological polar surface area (TPSA) is 82.7 Å². The second-order valence-corrected chi connectivity index (χ2v) is 6.55. The predicted molar refractivity (Wildman–Crippen MR) is 108 cm³/mol. The van der Waals surface area contributed by atoms with E-state index in [1.165, 1.54) is 6.07 Å². The minimum absolute atomic E-state index is 0.142. The zero-order valence-electron chi connectivity index (χ0n) is 15.4. The summed E-state index contributed by atoms with van der Waals surface area (Å²) >= 11 is 0. The molecule has 2 heterocycles. The molecule has 0 aliphatic heterocycles. The highest BCUT2D eigenvalue weighted by molar-refractivity contribution is 6.00. The van der Waals surface area contributed by atoms with Gasteiger partial charge in [0.15, 0.2) is 5.65 Å². The molecular formula is C21H18FN5O. The summed E-state index contributed by atoms with van der Waals surface area (Å²) in [6.45, 7) is 3.78. The number of urea groups is 1. The zero-order chi connectivity index (χ0) is 19.7. The Labute approximate surface area is 160 Å². The van der Waals surface area contributed by atoms with E-state index >= 15 is 0 Å². The standard InChI is InChI=1S/C21H18FN5O/c1-12-3-8-17(22)18(11-12)25-21(28)24-15-6-4-14(5-7-15)16-9-10-23-20-19(16)13(2)26-27-20/h3-11H,1-2H3,(H,23,26,27)(H2,24,25,28).